The Morgan fingerprint density at radius 3 is 1.02 bits per heavy atom. The Kier molecular flexibility index (Phi) is 16.5. The third-order valence-electron chi connectivity index (χ3n) is 29.0. The average Bonchev–Trinajstić information content (AvgIpc) is 1.56. The number of thiophene rings is 2. The van der Waals surface area contributed by atoms with Crippen LogP contribution in [0.1, 0.15) is 0 Å². The van der Waals surface area contributed by atoms with Crippen LogP contribution in [0.2, 0.25) is 0 Å². The van der Waals surface area contributed by atoms with E-state index >= 15 is 0 Å². The molecule has 0 fully saturated rings. The molecule has 15 heteroatoms. The summed E-state index contributed by atoms with van der Waals surface area (Å²) in [5.74, 6) is 2.81. The number of aromatic nitrogens is 10. The maximum atomic E-state index is 6.49. The molecule has 0 amide bonds. The molecule has 33 aromatic rings. The molecule has 0 saturated carbocycles. The van der Waals surface area contributed by atoms with Crippen LogP contribution >= 0.6 is 22.7 Å². The standard InChI is InChI=1S/C42H24N4S.C42H23N3O2.C42H23N3OS/c1-3-13-27-25(11-1)22-24-35-37(27)32-23-21-26-12-2-4-14-28(26)39(32)46(35)42-43-38-31-17-7-10-20-36(31)47-40(38)41(44-42)45-33-18-8-5-15-29(33)30-16-6-9-19-34(30)45;1-3-11-27-24(9-1)18-21-33-37(27)31-20-17-25-10-2-4-12-28(25)40(31)45(33)42-43-39(38-30-14-6-8-16-35(30)47-41(38)44-42)26-19-22-36-32(23-26)29-13-5-7-15-34(29)46-36;1-3-11-27-24(9-1)18-21-33-37(27)31-20-17-25-10-2-4-12-28(25)40(31)45(33)42-43-39(38-30-14-6-8-16-36(30)47-41(38)44-42)26-19-22-35-32(23-26)29-13-5-7-15-34(29)46-35/h1-24H;2*1-23H. The molecule has 0 saturated heterocycles. The number of hydrogen-bond donors (Lipinski definition) is 0. The highest BCUT2D eigenvalue weighted by Crippen LogP contribution is 2.50. The Morgan fingerprint density at radius 2 is 0.546 bits per heavy atom. The molecule has 141 heavy (non-hydrogen) atoms. The van der Waals surface area contributed by atoms with E-state index in [1.165, 1.54) is 106 Å². The summed E-state index contributed by atoms with van der Waals surface area (Å²) >= 11 is 3.49. The van der Waals surface area contributed by atoms with E-state index in [2.05, 4.69) is 388 Å². The Labute approximate surface area is 807 Å². The molecule has 0 aliphatic heterocycles. The SMILES string of the molecule is c1ccc2c(c1)ccc1c2c2ccc3ccccc3c2n1-c1nc(-c2ccc3oc4ccccc4c3c2)c2c(n1)oc1ccccc12.c1ccc2c(c1)ccc1c2c2ccc3ccccc3c2n1-c1nc(-c2ccc3oc4ccccc4c3c2)c2c(n1)sc1ccccc12.c1ccc2c(c1)ccc1c2c2ccc3ccccc3c2n1-c1nc(-n2c3ccccc3c3ccccc32)c2sc3ccccc3c2n1. The van der Waals surface area contributed by atoms with Gasteiger partial charge in [-0.2, -0.15) is 9.97 Å². The van der Waals surface area contributed by atoms with Crippen LogP contribution in [0, 0.1) is 0 Å². The molecule has 0 N–H and O–H groups in total. The van der Waals surface area contributed by atoms with Gasteiger partial charge in [0.1, 0.15) is 32.7 Å². The van der Waals surface area contributed by atoms with E-state index in [0.29, 0.717) is 23.6 Å². The third kappa shape index (κ3) is 11.5. The van der Waals surface area contributed by atoms with Crippen molar-refractivity contribution in [2.75, 3.05) is 0 Å². The Balaban J connectivity index is 0.0000000972. The summed E-state index contributed by atoms with van der Waals surface area (Å²) in [5, 5.41) is 33.6. The number of nitrogens with zero attached hydrogens (tertiary/aromatic N) is 10. The highest BCUT2D eigenvalue weighted by Gasteiger charge is 2.30. The van der Waals surface area contributed by atoms with E-state index in [0.717, 1.165) is 175 Å². The van der Waals surface area contributed by atoms with Gasteiger partial charge in [0.05, 0.1) is 71.1 Å². The fourth-order valence-electron chi connectivity index (χ4n) is 22.8. The van der Waals surface area contributed by atoms with Crippen molar-refractivity contribution in [2.24, 2.45) is 0 Å². The minimum Gasteiger partial charge on any atom is -0.456 e. The summed E-state index contributed by atoms with van der Waals surface area (Å²) in [7, 11) is 0. The predicted octanol–water partition coefficient (Wildman–Crippen LogP) is 34.5. The van der Waals surface area contributed by atoms with E-state index in [-0.39, 0.29) is 0 Å². The molecule has 12 aromatic heterocycles. The summed E-state index contributed by atoms with van der Waals surface area (Å²) in [6.45, 7) is 0. The molecule has 33 rings (SSSR count). The molecule has 13 nitrogen and oxygen atoms in total. The van der Waals surface area contributed by atoms with Gasteiger partial charge in [-0.3, -0.25) is 18.3 Å². The van der Waals surface area contributed by atoms with E-state index < -0.39 is 0 Å². The fourth-order valence-corrected chi connectivity index (χ4v) is 25.0. The summed E-state index contributed by atoms with van der Waals surface area (Å²) in [6, 6.07) is 150. The molecule has 0 unspecified atom stereocenters. The van der Waals surface area contributed by atoms with Gasteiger partial charge in [0.2, 0.25) is 23.6 Å². The second-order valence-corrected chi connectivity index (χ2v) is 38.6. The van der Waals surface area contributed by atoms with Crippen LogP contribution in [-0.4, -0.2) is 48.2 Å². The zero-order valence-electron chi connectivity index (χ0n) is 74.9. The van der Waals surface area contributed by atoms with Gasteiger partial charge in [-0.05, 0) is 146 Å². The molecule has 0 aliphatic carbocycles. The number of benzene rings is 21. The van der Waals surface area contributed by atoms with Crippen LogP contribution in [0.4, 0.5) is 0 Å². The highest BCUT2D eigenvalue weighted by molar-refractivity contribution is 7.26. The second kappa shape index (κ2) is 30.0. The van der Waals surface area contributed by atoms with Crippen LogP contribution in [0.15, 0.2) is 438 Å². The first-order valence-electron chi connectivity index (χ1n) is 47.4. The van der Waals surface area contributed by atoms with Crippen molar-refractivity contribution >= 4 is 281 Å². The summed E-state index contributed by atoms with van der Waals surface area (Å²) in [5.41, 5.74) is 18.4. The van der Waals surface area contributed by atoms with Gasteiger partial charge in [0, 0.05) is 123 Å². The first-order chi connectivity index (χ1) is 69.9. The number of furan rings is 3. The van der Waals surface area contributed by atoms with Crippen LogP contribution in [0.3, 0.4) is 0 Å². The largest absolute Gasteiger partial charge is 0.456 e. The second-order valence-electron chi connectivity index (χ2n) is 36.5. The van der Waals surface area contributed by atoms with Gasteiger partial charge in [-0.1, -0.05) is 328 Å². The molecular weight excluding hydrogens is 1770 g/mol. The Hall–Kier alpha value is -18.5. The zero-order chi connectivity index (χ0) is 91.9. The lowest BCUT2D eigenvalue weighted by molar-refractivity contribution is 0.651. The first-order valence-corrected chi connectivity index (χ1v) is 49.0. The van der Waals surface area contributed by atoms with E-state index in [1.54, 1.807) is 22.7 Å². The topological polar surface area (TPSA) is 136 Å². The van der Waals surface area contributed by atoms with Crippen LogP contribution in [0.5, 0.6) is 0 Å². The van der Waals surface area contributed by atoms with Crippen molar-refractivity contribution in [3.05, 3.63) is 425 Å². The minimum atomic E-state index is 0.555. The maximum Gasteiger partial charge on any atom is 0.238 e. The molecule has 0 spiro atoms. The van der Waals surface area contributed by atoms with E-state index in [1.807, 2.05) is 54.6 Å². The number of hydrogen-bond acceptors (Lipinski definition) is 11. The van der Waals surface area contributed by atoms with Crippen molar-refractivity contribution in [1.82, 2.24) is 48.2 Å². The van der Waals surface area contributed by atoms with Gasteiger partial charge in [0.15, 0.2) is 5.82 Å². The van der Waals surface area contributed by atoms with Crippen molar-refractivity contribution in [2.45, 2.75) is 0 Å². The molecule has 0 radical (unpaired) electrons. The first kappa shape index (κ1) is 77.7. The summed E-state index contributed by atoms with van der Waals surface area (Å²) < 4.78 is 31.5. The molecule has 21 aromatic carbocycles. The van der Waals surface area contributed by atoms with Gasteiger partial charge in [-0.15, -0.1) is 22.7 Å². The molecule has 0 aliphatic rings. The molecule has 12 heterocycles. The average molecular weight is 1840 g/mol. The molecular formula is C126H70N10O3S2. The monoisotopic (exact) mass is 1830 g/mol. The van der Waals surface area contributed by atoms with Crippen molar-refractivity contribution in [3.8, 4) is 46.2 Å². The zero-order valence-corrected chi connectivity index (χ0v) is 76.6. The Bertz CT molecular complexity index is 10800. The van der Waals surface area contributed by atoms with E-state index in [9.17, 15) is 0 Å². The van der Waals surface area contributed by atoms with Crippen molar-refractivity contribution in [3.63, 3.8) is 0 Å². The lowest BCUT2D eigenvalue weighted by Crippen LogP contribution is -2.06. The smallest absolute Gasteiger partial charge is 0.238 e. The summed E-state index contributed by atoms with van der Waals surface area (Å²) in [4.78, 5) is 33.6. The number of fused-ring (bicyclic) bond motifs is 39. The fraction of sp³-hybridized carbons (Fsp3) is 0. The highest BCUT2D eigenvalue weighted by atomic mass is 32.1. The number of rotatable bonds is 6. The van der Waals surface area contributed by atoms with E-state index in [4.69, 9.17) is 43.2 Å². The minimum absolute atomic E-state index is 0.555. The van der Waals surface area contributed by atoms with Gasteiger partial charge in [0.25, 0.3) is 0 Å². The van der Waals surface area contributed by atoms with Gasteiger partial charge in [-0.25, -0.2) is 19.9 Å². The quantitative estimate of drug-likeness (QED) is 0.159. The van der Waals surface area contributed by atoms with Crippen LogP contribution in [-0.2, 0) is 0 Å². The van der Waals surface area contributed by atoms with Crippen molar-refractivity contribution in [1.29, 1.82) is 0 Å². The van der Waals surface area contributed by atoms with Crippen molar-refractivity contribution < 1.29 is 13.3 Å². The molecule has 654 valence electrons. The van der Waals surface area contributed by atoms with Gasteiger partial charge >= 0.3 is 0 Å². The predicted molar refractivity (Wildman–Crippen MR) is 587 cm³/mol. The van der Waals surface area contributed by atoms with Crippen LogP contribution < -0.4 is 0 Å². The molecule has 0 bridgehead atoms. The summed E-state index contributed by atoms with van der Waals surface area (Å²) in [6.07, 6.45) is 0. The normalized spacial score (nSPS) is 12.3. The molecule has 0 atom stereocenters. The maximum absolute atomic E-state index is 6.49. The lowest BCUT2D eigenvalue weighted by Gasteiger charge is -2.13. The number of para-hydroxylation sites is 5. The van der Waals surface area contributed by atoms with Gasteiger partial charge < -0.3 is 13.3 Å². The lowest BCUT2D eigenvalue weighted by atomic mass is 10.0. The van der Waals surface area contributed by atoms with Crippen LogP contribution in [0.25, 0.3) is 305 Å². The third-order valence-corrected chi connectivity index (χ3v) is 31.2. The Morgan fingerprint density at radius 1 is 0.199 bits per heavy atom.